The predicted octanol–water partition coefficient (Wildman–Crippen LogP) is 2.25. The zero-order valence-corrected chi connectivity index (χ0v) is 21.2. The number of rotatable bonds is 6. The van der Waals surface area contributed by atoms with E-state index < -0.39 is 21.8 Å². The fraction of sp³-hybridized carbons (Fsp3) is 0.360. The van der Waals surface area contributed by atoms with Crippen molar-refractivity contribution in [1.29, 1.82) is 0 Å². The standard InChI is InChI=1S/C25H31N5O4S/c1-28(2)23(20-16-29(3)21-10-6-5-9-19(20)21)15-26-24(31)25(32)27-18-12-11-17-8-7-13-30(22(17)14-18)35(4,33)34/h5-6,9-12,14,16,23H,7-8,13,15H2,1-4H3,(H,26,31)(H,27,32)/t23-/m0/s1. The number of nitrogens with zero attached hydrogens (tertiary/aromatic N) is 3. The first-order valence-electron chi connectivity index (χ1n) is 11.5. The summed E-state index contributed by atoms with van der Waals surface area (Å²) in [5.74, 6) is -1.56. The summed E-state index contributed by atoms with van der Waals surface area (Å²) in [4.78, 5) is 27.3. The quantitative estimate of drug-likeness (QED) is 0.509. The molecule has 0 saturated carbocycles. The van der Waals surface area contributed by atoms with Crippen LogP contribution < -0.4 is 14.9 Å². The number of hydrogen-bond acceptors (Lipinski definition) is 5. The minimum atomic E-state index is -3.43. The zero-order valence-electron chi connectivity index (χ0n) is 20.4. The van der Waals surface area contributed by atoms with Gasteiger partial charge in [-0.15, -0.1) is 0 Å². The first-order valence-corrected chi connectivity index (χ1v) is 13.3. The number of aromatic nitrogens is 1. The Morgan fingerprint density at radius 1 is 1.11 bits per heavy atom. The summed E-state index contributed by atoms with van der Waals surface area (Å²) in [6.07, 6.45) is 4.70. The van der Waals surface area contributed by atoms with Gasteiger partial charge in [-0.2, -0.15) is 0 Å². The Morgan fingerprint density at radius 3 is 2.57 bits per heavy atom. The molecule has 0 fully saturated rings. The fourth-order valence-electron chi connectivity index (χ4n) is 4.63. The van der Waals surface area contributed by atoms with Crippen molar-refractivity contribution >= 4 is 44.1 Å². The molecule has 0 aliphatic carbocycles. The van der Waals surface area contributed by atoms with Gasteiger partial charge in [0.1, 0.15) is 0 Å². The molecular weight excluding hydrogens is 466 g/mol. The zero-order chi connectivity index (χ0) is 25.3. The van der Waals surface area contributed by atoms with Crippen LogP contribution in [0.2, 0.25) is 0 Å². The summed E-state index contributed by atoms with van der Waals surface area (Å²) in [7, 11) is 2.41. The van der Waals surface area contributed by atoms with Crippen molar-refractivity contribution in [2.75, 3.05) is 43.1 Å². The van der Waals surface area contributed by atoms with Crippen molar-refractivity contribution in [3.63, 3.8) is 0 Å². The van der Waals surface area contributed by atoms with Gasteiger partial charge in [0.25, 0.3) is 0 Å². The second kappa shape index (κ2) is 9.71. The normalized spacial score (nSPS) is 14.6. The number of aryl methyl sites for hydroxylation is 2. The molecule has 10 heteroatoms. The molecule has 0 spiro atoms. The number of likely N-dealkylation sites (N-methyl/N-ethyl adjacent to an activating group) is 1. The van der Waals surface area contributed by atoms with Gasteiger partial charge >= 0.3 is 11.8 Å². The summed E-state index contributed by atoms with van der Waals surface area (Å²) in [6.45, 7) is 0.642. The van der Waals surface area contributed by atoms with Gasteiger partial charge in [0.05, 0.1) is 18.0 Å². The first-order chi connectivity index (χ1) is 16.6. The highest BCUT2D eigenvalue weighted by Gasteiger charge is 2.25. The van der Waals surface area contributed by atoms with E-state index in [9.17, 15) is 18.0 Å². The minimum absolute atomic E-state index is 0.134. The van der Waals surface area contributed by atoms with E-state index >= 15 is 0 Å². The Balaban J connectivity index is 1.46. The number of carbonyl (C=O) groups excluding carboxylic acids is 2. The number of nitrogens with one attached hydrogen (secondary N) is 2. The van der Waals surface area contributed by atoms with Gasteiger partial charge in [0.15, 0.2) is 0 Å². The van der Waals surface area contributed by atoms with E-state index in [1.807, 2.05) is 61.1 Å². The molecule has 1 aliphatic rings. The molecule has 1 atom stereocenters. The number of amides is 2. The van der Waals surface area contributed by atoms with Gasteiger partial charge in [-0.05, 0) is 56.3 Å². The van der Waals surface area contributed by atoms with E-state index in [4.69, 9.17) is 0 Å². The largest absolute Gasteiger partial charge is 0.350 e. The number of benzene rings is 2. The lowest BCUT2D eigenvalue weighted by Gasteiger charge is -2.29. The molecule has 4 rings (SSSR count). The average molecular weight is 498 g/mol. The highest BCUT2D eigenvalue weighted by atomic mass is 32.2. The fourth-order valence-corrected chi connectivity index (χ4v) is 5.62. The van der Waals surface area contributed by atoms with Gasteiger partial charge in [0, 0.05) is 42.9 Å². The molecule has 186 valence electrons. The maximum absolute atomic E-state index is 12.6. The van der Waals surface area contributed by atoms with Gasteiger partial charge in [0.2, 0.25) is 10.0 Å². The van der Waals surface area contributed by atoms with Crippen LogP contribution in [0.15, 0.2) is 48.7 Å². The summed E-state index contributed by atoms with van der Waals surface area (Å²) < 4.78 is 27.7. The van der Waals surface area contributed by atoms with Crippen molar-refractivity contribution in [1.82, 2.24) is 14.8 Å². The van der Waals surface area contributed by atoms with E-state index in [1.165, 1.54) is 4.31 Å². The molecule has 2 amide bonds. The number of anilines is 2. The summed E-state index contributed by atoms with van der Waals surface area (Å²) in [5.41, 5.74) is 3.96. The third kappa shape index (κ3) is 5.18. The molecule has 2 heterocycles. The van der Waals surface area contributed by atoms with Crippen LogP contribution in [-0.2, 0) is 33.1 Å². The van der Waals surface area contributed by atoms with Crippen LogP contribution in [0.5, 0.6) is 0 Å². The Morgan fingerprint density at radius 2 is 1.86 bits per heavy atom. The molecule has 0 unspecified atom stereocenters. The number of carbonyl (C=O) groups is 2. The molecule has 2 N–H and O–H groups in total. The second-order valence-electron chi connectivity index (χ2n) is 9.14. The number of hydrogen-bond donors (Lipinski definition) is 2. The summed E-state index contributed by atoms with van der Waals surface area (Å²) in [5, 5.41) is 6.44. The van der Waals surface area contributed by atoms with Crippen LogP contribution in [-0.4, -0.2) is 63.1 Å². The molecule has 0 bridgehead atoms. The van der Waals surface area contributed by atoms with E-state index in [0.29, 0.717) is 17.9 Å². The molecule has 3 aromatic rings. The van der Waals surface area contributed by atoms with Crippen molar-refractivity contribution in [3.05, 3.63) is 59.8 Å². The van der Waals surface area contributed by atoms with E-state index in [1.54, 1.807) is 18.2 Å². The molecular formula is C25H31N5O4S. The molecule has 0 radical (unpaired) electrons. The van der Waals surface area contributed by atoms with Crippen molar-refractivity contribution in [2.24, 2.45) is 7.05 Å². The summed E-state index contributed by atoms with van der Waals surface area (Å²) in [6, 6.07) is 13.0. The Kier molecular flexibility index (Phi) is 6.86. The average Bonchev–Trinajstić information content (AvgIpc) is 3.14. The SMILES string of the molecule is CN(C)[C@@H](CNC(=O)C(=O)Nc1ccc2c(c1)N(S(C)(=O)=O)CCC2)c1cn(C)c2ccccc12. The monoisotopic (exact) mass is 497 g/mol. The van der Waals surface area contributed by atoms with Crippen LogP contribution in [0.25, 0.3) is 10.9 Å². The first kappa shape index (κ1) is 24.7. The lowest BCUT2D eigenvalue weighted by molar-refractivity contribution is -0.136. The van der Waals surface area contributed by atoms with Crippen molar-refractivity contribution in [2.45, 2.75) is 18.9 Å². The van der Waals surface area contributed by atoms with Crippen LogP contribution in [0.4, 0.5) is 11.4 Å². The molecule has 2 aromatic carbocycles. The van der Waals surface area contributed by atoms with Crippen LogP contribution >= 0.6 is 0 Å². The van der Waals surface area contributed by atoms with Crippen molar-refractivity contribution in [3.8, 4) is 0 Å². The minimum Gasteiger partial charge on any atom is -0.350 e. The lowest BCUT2D eigenvalue weighted by Crippen LogP contribution is -2.40. The Hall–Kier alpha value is -3.37. The molecule has 1 aromatic heterocycles. The number of fused-ring (bicyclic) bond motifs is 2. The predicted molar refractivity (Wildman–Crippen MR) is 138 cm³/mol. The van der Waals surface area contributed by atoms with Gasteiger partial charge in [-0.25, -0.2) is 8.42 Å². The van der Waals surface area contributed by atoms with Crippen LogP contribution in [0.3, 0.4) is 0 Å². The maximum Gasteiger partial charge on any atom is 0.313 e. The van der Waals surface area contributed by atoms with Crippen molar-refractivity contribution < 1.29 is 18.0 Å². The lowest BCUT2D eigenvalue weighted by atomic mass is 10.0. The smallest absolute Gasteiger partial charge is 0.313 e. The van der Waals surface area contributed by atoms with Crippen LogP contribution in [0.1, 0.15) is 23.6 Å². The molecule has 35 heavy (non-hydrogen) atoms. The Bertz CT molecular complexity index is 1380. The highest BCUT2D eigenvalue weighted by molar-refractivity contribution is 7.92. The molecule has 0 saturated heterocycles. The van der Waals surface area contributed by atoms with E-state index in [0.717, 1.165) is 41.1 Å². The Labute approximate surface area is 205 Å². The topological polar surface area (TPSA) is 104 Å². The number of para-hydroxylation sites is 1. The second-order valence-corrected chi connectivity index (χ2v) is 11.0. The van der Waals surface area contributed by atoms with Gasteiger partial charge in [-0.3, -0.25) is 13.9 Å². The maximum atomic E-state index is 12.6. The van der Waals surface area contributed by atoms with Gasteiger partial charge in [-0.1, -0.05) is 24.3 Å². The number of sulfonamides is 1. The highest BCUT2D eigenvalue weighted by Crippen LogP contribution is 2.32. The molecule has 9 nitrogen and oxygen atoms in total. The third-order valence-electron chi connectivity index (χ3n) is 6.39. The van der Waals surface area contributed by atoms with Crippen LogP contribution in [0, 0.1) is 0 Å². The van der Waals surface area contributed by atoms with E-state index in [-0.39, 0.29) is 12.6 Å². The summed E-state index contributed by atoms with van der Waals surface area (Å²) >= 11 is 0. The van der Waals surface area contributed by atoms with E-state index in [2.05, 4.69) is 10.6 Å². The van der Waals surface area contributed by atoms with Gasteiger partial charge < -0.3 is 20.1 Å². The molecule has 1 aliphatic heterocycles. The third-order valence-corrected chi connectivity index (χ3v) is 7.57.